The lowest BCUT2D eigenvalue weighted by molar-refractivity contribution is -0.122. The Labute approximate surface area is 119 Å². The topological polar surface area (TPSA) is 38.3 Å². The van der Waals surface area contributed by atoms with E-state index in [1.165, 1.54) is 0 Å². The first-order valence-corrected chi connectivity index (χ1v) is 6.66. The Morgan fingerprint density at radius 1 is 1.00 bits per heavy atom. The molecule has 0 heterocycles. The van der Waals surface area contributed by atoms with E-state index in [2.05, 4.69) is 5.32 Å². The summed E-state index contributed by atoms with van der Waals surface area (Å²) < 4.78 is 5.71. The number of hydrogen-bond donors (Lipinski definition) is 1. The first-order chi connectivity index (χ1) is 9.58. The van der Waals surface area contributed by atoms with Gasteiger partial charge in [0.1, 0.15) is 5.75 Å². The van der Waals surface area contributed by atoms with Crippen molar-refractivity contribution in [1.82, 2.24) is 0 Å². The molecule has 20 heavy (non-hydrogen) atoms. The number of ether oxygens (including phenoxy) is 1. The van der Waals surface area contributed by atoms with Gasteiger partial charge in [-0.2, -0.15) is 0 Å². The molecule has 0 aliphatic carbocycles. The van der Waals surface area contributed by atoms with Crippen LogP contribution in [0.1, 0.15) is 18.1 Å². The number of carbonyl (C=O) groups excluding carboxylic acids is 1. The predicted molar refractivity (Wildman–Crippen MR) is 81.1 cm³/mol. The quantitative estimate of drug-likeness (QED) is 0.919. The van der Waals surface area contributed by atoms with Crippen LogP contribution in [0.3, 0.4) is 0 Å². The highest BCUT2D eigenvalue weighted by Gasteiger charge is 2.16. The Morgan fingerprint density at radius 3 is 2.25 bits per heavy atom. The highest BCUT2D eigenvalue weighted by atomic mass is 16.5. The van der Waals surface area contributed by atoms with Crippen LogP contribution < -0.4 is 10.1 Å². The van der Waals surface area contributed by atoms with E-state index in [0.717, 1.165) is 22.6 Å². The second kappa shape index (κ2) is 6.24. The molecule has 0 saturated heterocycles. The van der Waals surface area contributed by atoms with Crippen molar-refractivity contribution in [3.05, 3.63) is 59.7 Å². The zero-order chi connectivity index (χ0) is 14.5. The van der Waals surface area contributed by atoms with Gasteiger partial charge in [-0.05, 0) is 44.0 Å². The fourth-order valence-corrected chi connectivity index (χ4v) is 1.88. The van der Waals surface area contributed by atoms with E-state index in [1.807, 2.05) is 62.4 Å². The molecule has 0 aromatic heterocycles. The van der Waals surface area contributed by atoms with Crippen molar-refractivity contribution in [1.29, 1.82) is 0 Å². The number of benzene rings is 2. The maximum absolute atomic E-state index is 12.1. The molecule has 0 aliphatic heterocycles. The number of amides is 1. The fraction of sp³-hybridized carbons (Fsp3) is 0.235. The van der Waals surface area contributed by atoms with Crippen molar-refractivity contribution >= 4 is 11.6 Å². The molecule has 2 aromatic carbocycles. The summed E-state index contributed by atoms with van der Waals surface area (Å²) in [7, 11) is 0. The third-order valence-corrected chi connectivity index (χ3v) is 3.17. The van der Waals surface area contributed by atoms with Gasteiger partial charge in [0.25, 0.3) is 5.91 Å². The van der Waals surface area contributed by atoms with Crippen LogP contribution >= 0.6 is 0 Å². The average molecular weight is 269 g/mol. The van der Waals surface area contributed by atoms with E-state index in [1.54, 1.807) is 6.92 Å². The summed E-state index contributed by atoms with van der Waals surface area (Å²) in [6.45, 7) is 5.67. The van der Waals surface area contributed by atoms with Gasteiger partial charge in [-0.25, -0.2) is 0 Å². The van der Waals surface area contributed by atoms with Crippen LogP contribution in [0.2, 0.25) is 0 Å². The Morgan fingerprint density at radius 2 is 1.60 bits per heavy atom. The summed E-state index contributed by atoms with van der Waals surface area (Å²) in [4.78, 5) is 12.1. The van der Waals surface area contributed by atoms with Crippen LogP contribution in [0, 0.1) is 13.8 Å². The van der Waals surface area contributed by atoms with Gasteiger partial charge in [0.15, 0.2) is 6.10 Å². The third kappa shape index (κ3) is 3.38. The minimum absolute atomic E-state index is 0.150. The van der Waals surface area contributed by atoms with E-state index in [9.17, 15) is 4.79 Å². The Hall–Kier alpha value is -2.29. The number of para-hydroxylation sites is 2. The van der Waals surface area contributed by atoms with Crippen molar-refractivity contribution in [3.8, 4) is 5.75 Å². The van der Waals surface area contributed by atoms with E-state index in [0.29, 0.717) is 0 Å². The Kier molecular flexibility index (Phi) is 4.41. The molecule has 1 N–H and O–H groups in total. The van der Waals surface area contributed by atoms with Gasteiger partial charge in [0.2, 0.25) is 0 Å². The predicted octanol–water partition coefficient (Wildman–Crippen LogP) is 3.71. The number of carbonyl (C=O) groups is 1. The molecule has 0 spiro atoms. The van der Waals surface area contributed by atoms with Crippen molar-refractivity contribution in [2.45, 2.75) is 26.9 Å². The standard InChI is InChI=1S/C17H19NO2/c1-12-8-4-6-10-15(12)18-17(19)14(3)20-16-11-7-5-9-13(16)2/h4-11,14H,1-3H3,(H,18,19). The first-order valence-electron chi connectivity index (χ1n) is 6.66. The minimum Gasteiger partial charge on any atom is -0.481 e. The molecular formula is C17H19NO2. The molecule has 0 fully saturated rings. The summed E-state index contributed by atoms with van der Waals surface area (Å²) in [6.07, 6.45) is -0.546. The van der Waals surface area contributed by atoms with Gasteiger partial charge in [-0.15, -0.1) is 0 Å². The van der Waals surface area contributed by atoms with Gasteiger partial charge < -0.3 is 10.1 Å². The molecule has 1 atom stereocenters. The number of rotatable bonds is 4. The minimum atomic E-state index is -0.546. The van der Waals surface area contributed by atoms with Crippen LogP contribution in [-0.2, 0) is 4.79 Å². The molecule has 1 unspecified atom stereocenters. The van der Waals surface area contributed by atoms with E-state index in [4.69, 9.17) is 4.74 Å². The summed E-state index contributed by atoms with van der Waals surface area (Å²) >= 11 is 0. The SMILES string of the molecule is Cc1ccccc1NC(=O)C(C)Oc1ccccc1C. The van der Waals surface area contributed by atoms with Crippen molar-refractivity contribution in [2.75, 3.05) is 5.32 Å². The number of nitrogens with one attached hydrogen (secondary N) is 1. The fourth-order valence-electron chi connectivity index (χ4n) is 1.88. The Balaban J connectivity index is 2.03. The Bertz CT molecular complexity index is 607. The number of anilines is 1. The van der Waals surface area contributed by atoms with Crippen LogP contribution in [-0.4, -0.2) is 12.0 Å². The van der Waals surface area contributed by atoms with Crippen LogP contribution in [0.4, 0.5) is 5.69 Å². The lowest BCUT2D eigenvalue weighted by Gasteiger charge is -2.16. The molecule has 2 rings (SSSR count). The van der Waals surface area contributed by atoms with Gasteiger partial charge >= 0.3 is 0 Å². The first kappa shape index (κ1) is 14.1. The summed E-state index contributed by atoms with van der Waals surface area (Å²) in [5.74, 6) is 0.586. The summed E-state index contributed by atoms with van der Waals surface area (Å²) in [5, 5.41) is 2.89. The maximum Gasteiger partial charge on any atom is 0.265 e. The second-order valence-electron chi connectivity index (χ2n) is 4.83. The molecule has 0 radical (unpaired) electrons. The van der Waals surface area contributed by atoms with Crippen LogP contribution in [0.25, 0.3) is 0 Å². The molecule has 0 aliphatic rings. The average Bonchev–Trinajstić information content (AvgIpc) is 2.43. The molecular weight excluding hydrogens is 250 g/mol. The third-order valence-electron chi connectivity index (χ3n) is 3.17. The van der Waals surface area contributed by atoms with Crippen molar-refractivity contribution < 1.29 is 9.53 Å². The molecule has 1 amide bonds. The zero-order valence-electron chi connectivity index (χ0n) is 12.0. The highest BCUT2D eigenvalue weighted by molar-refractivity contribution is 5.94. The van der Waals surface area contributed by atoms with Crippen molar-refractivity contribution in [3.63, 3.8) is 0 Å². The normalized spacial score (nSPS) is 11.8. The van der Waals surface area contributed by atoms with Crippen molar-refractivity contribution in [2.24, 2.45) is 0 Å². The highest BCUT2D eigenvalue weighted by Crippen LogP contribution is 2.19. The zero-order valence-corrected chi connectivity index (χ0v) is 12.0. The molecule has 0 bridgehead atoms. The van der Waals surface area contributed by atoms with Crippen LogP contribution in [0.5, 0.6) is 5.75 Å². The van der Waals surface area contributed by atoms with Gasteiger partial charge in [0, 0.05) is 5.69 Å². The van der Waals surface area contributed by atoms with Crippen LogP contribution in [0.15, 0.2) is 48.5 Å². The largest absolute Gasteiger partial charge is 0.481 e. The molecule has 2 aromatic rings. The molecule has 104 valence electrons. The van der Waals surface area contributed by atoms with Gasteiger partial charge in [-0.1, -0.05) is 36.4 Å². The molecule has 0 saturated carbocycles. The number of hydrogen-bond acceptors (Lipinski definition) is 2. The van der Waals surface area contributed by atoms with E-state index >= 15 is 0 Å². The van der Waals surface area contributed by atoms with Gasteiger partial charge in [-0.3, -0.25) is 4.79 Å². The molecule has 3 nitrogen and oxygen atoms in total. The summed E-state index contributed by atoms with van der Waals surface area (Å²) in [6, 6.07) is 15.4. The smallest absolute Gasteiger partial charge is 0.265 e. The summed E-state index contributed by atoms with van der Waals surface area (Å²) in [5.41, 5.74) is 2.87. The molecule has 3 heteroatoms. The monoisotopic (exact) mass is 269 g/mol. The lowest BCUT2D eigenvalue weighted by Crippen LogP contribution is -2.30. The lowest BCUT2D eigenvalue weighted by atomic mass is 10.2. The second-order valence-corrected chi connectivity index (χ2v) is 4.83. The van der Waals surface area contributed by atoms with E-state index in [-0.39, 0.29) is 5.91 Å². The van der Waals surface area contributed by atoms with E-state index < -0.39 is 6.10 Å². The number of aryl methyl sites for hydroxylation is 2. The maximum atomic E-state index is 12.1. The van der Waals surface area contributed by atoms with Gasteiger partial charge in [0.05, 0.1) is 0 Å².